The third kappa shape index (κ3) is 2.22. The highest BCUT2D eigenvalue weighted by Gasteiger charge is 2.23. The van der Waals surface area contributed by atoms with Gasteiger partial charge >= 0.3 is 5.97 Å². The van der Waals surface area contributed by atoms with Gasteiger partial charge in [0, 0.05) is 31.3 Å². The number of hydrogen-bond donors (Lipinski definition) is 1. The fourth-order valence-corrected chi connectivity index (χ4v) is 2.60. The van der Waals surface area contributed by atoms with Crippen LogP contribution in [0, 0.1) is 0 Å². The summed E-state index contributed by atoms with van der Waals surface area (Å²) in [5, 5.41) is 3.22. The molecule has 0 aromatic carbocycles. The molecule has 0 amide bonds. The molecule has 0 saturated carbocycles. The molecule has 0 atom stereocenters. The smallest absolute Gasteiger partial charge is 0.357 e. The van der Waals surface area contributed by atoms with Gasteiger partial charge in [-0.05, 0) is 0 Å². The molecule has 98 valence electrons. The monoisotopic (exact) mass is 276 g/mol. The molecular weight excluding hydrogens is 264 g/mol. The number of nitrogens with zero attached hydrogens (tertiary/aromatic N) is 3. The Morgan fingerprint density at radius 3 is 3.11 bits per heavy atom. The maximum absolute atomic E-state index is 11.9. The van der Waals surface area contributed by atoms with E-state index in [-0.39, 0.29) is 0 Å². The Morgan fingerprint density at radius 1 is 1.47 bits per heavy atom. The van der Waals surface area contributed by atoms with Gasteiger partial charge in [0.25, 0.3) is 0 Å². The quantitative estimate of drug-likeness (QED) is 0.826. The molecule has 1 N–H and O–H groups in total. The van der Waals surface area contributed by atoms with Gasteiger partial charge in [-0.3, -0.25) is 4.98 Å². The molecule has 3 rings (SSSR count). The van der Waals surface area contributed by atoms with Crippen LogP contribution in [-0.2, 0) is 17.7 Å². The van der Waals surface area contributed by atoms with Gasteiger partial charge in [-0.1, -0.05) is 0 Å². The van der Waals surface area contributed by atoms with E-state index in [0.717, 1.165) is 29.1 Å². The summed E-state index contributed by atoms with van der Waals surface area (Å²) in [5.41, 5.74) is 3.82. The van der Waals surface area contributed by atoms with Crippen LogP contribution in [0.4, 0.5) is 0 Å². The average molecular weight is 276 g/mol. The van der Waals surface area contributed by atoms with Gasteiger partial charge in [-0.15, -0.1) is 11.3 Å². The number of nitrogens with one attached hydrogen (secondary N) is 1. The third-order valence-electron chi connectivity index (χ3n) is 2.96. The van der Waals surface area contributed by atoms with E-state index in [2.05, 4.69) is 20.3 Å². The van der Waals surface area contributed by atoms with Crippen molar-refractivity contribution >= 4 is 17.3 Å². The van der Waals surface area contributed by atoms with Crippen molar-refractivity contribution in [2.45, 2.75) is 13.0 Å². The summed E-state index contributed by atoms with van der Waals surface area (Å²) in [4.78, 5) is 25.6. The van der Waals surface area contributed by atoms with E-state index in [1.165, 1.54) is 18.4 Å². The van der Waals surface area contributed by atoms with Gasteiger partial charge in [0.05, 0.1) is 23.2 Å². The van der Waals surface area contributed by atoms with Gasteiger partial charge in [0.15, 0.2) is 11.5 Å². The van der Waals surface area contributed by atoms with E-state index in [0.29, 0.717) is 18.1 Å². The van der Waals surface area contributed by atoms with Crippen molar-refractivity contribution in [3.8, 4) is 10.7 Å². The van der Waals surface area contributed by atoms with Crippen LogP contribution in [0.3, 0.4) is 0 Å². The van der Waals surface area contributed by atoms with Crippen LogP contribution in [0.1, 0.15) is 21.7 Å². The molecule has 0 bridgehead atoms. The highest BCUT2D eigenvalue weighted by molar-refractivity contribution is 7.13. The first-order valence-electron chi connectivity index (χ1n) is 5.87. The van der Waals surface area contributed by atoms with Crippen LogP contribution < -0.4 is 5.32 Å². The zero-order valence-electron chi connectivity index (χ0n) is 10.3. The van der Waals surface area contributed by atoms with E-state index < -0.39 is 5.97 Å². The Hall–Kier alpha value is -1.86. The molecule has 0 spiro atoms. The van der Waals surface area contributed by atoms with Crippen LogP contribution >= 0.6 is 11.3 Å². The zero-order valence-corrected chi connectivity index (χ0v) is 11.2. The molecule has 1 aliphatic rings. The summed E-state index contributed by atoms with van der Waals surface area (Å²) >= 11 is 1.45. The number of fused-ring (bicyclic) bond motifs is 1. The van der Waals surface area contributed by atoms with Crippen molar-refractivity contribution < 1.29 is 9.53 Å². The molecule has 6 nitrogen and oxygen atoms in total. The Kier molecular flexibility index (Phi) is 3.22. The second-order valence-corrected chi connectivity index (χ2v) is 4.99. The second kappa shape index (κ2) is 5.02. The normalized spacial score (nSPS) is 13.9. The van der Waals surface area contributed by atoms with Gasteiger partial charge in [-0.25, -0.2) is 14.8 Å². The number of aromatic nitrogens is 3. The van der Waals surface area contributed by atoms with Crippen molar-refractivity contribution in [3.05, 3.63) is 28.7 Å². The van der Waals surface area contributed by atoms with Crippen molar-refractivity contribution in [2.24, 2.45) is 0 Å². The van der Waals surface area contributed by atoms with E-state index in [1.54, 1.807) is 11.7 Å². The molecule has 0 fully saturated rings. The maximum Gasteiger partial charge on any atom is 0.357 e. The molecule has 2 aromatic heterocycles. The number of ether oxygens (including phenoxy) is 1. The number of thiazole rings is 1. The first-order valence-corrected chi connectivity index (χ1v) is 6.75. The topological polar surface area (TPSA) is 77.0 Å². The lowest BCUT2D eigenvalue weighted by Gasteiger charge is -2.18. The first kappa shape index (κ1) is 12.2. The summed E-state index contributed by atoms with van der Waals surface area (Å²) < 4.78 is 4.81. The van der Waals surface area contributed by atoms with E-state index in [4.69, 9.17) is 4.74 Å². The standard InChI is InChI=1S/C12H12N4O2S/c1-18-12(17)10-7-4-13-3-2-8(7)15-11(16-10)9-5-14-6-19-9/h5-6,13H,2-4H2,1H3. The van der Waals surface area contributed by atoms with E-state index >= 15 is 0 Å². The number of hydrogen-bond acceptors (Lipinski definition) is 7. The van der Waals surface area contributed by atoms with Crippen LogP contribution in [0.5, 0.6) is 0 Å². The Morgan fingerprint density at radius 2 is 2.37 bits per heavy atom. The number of carbonyl (C=O) groups is 1. The Labute approximate surface area is 113 Å². The van der Waals surface area contributed by atoms with Crippen LogP contribution in [0.15, 0.2) is 11.7 Å². The van der Waals surface area contributed by atoms with E-state index in [1.807, 2.05) is 0 Å². The molecule has 7 heteroatoms. The van der Waals surface area contributed by atoms with Gasteiger partial charge in [0.2, 0.25) is 0 Å². The maximum atomic E-state index is 11.9. The van der Waals surface area contributed by atoms with Crippen LogP contribution in [-0.4, -0.2) is 34.6 Å². The lowest BCUT2D eigenvalue weighted by molar-refractivity contribution is 0.0592. The van der Waals surface area contributed by atoms with Crippen LogP contribution in [0.25, 0.3) is 10.7 Å². The Balaban J connectivity index is 2.16. The minimum absolute atomic E-state index is 0.350. The second-order valence-electron chi connectivity index (χ2n) is 4.11. The molecule has 1 aliphatic heterocycles. The minimum atomic E-state index is -0.423. The summed E-state index contributed by atoms with van der Waals surface area (Å²) in [6.07, 6.45) is 2.49. The SMILES string of the molecule is COC(=O)c1nc(-c2cncs2)nc2c1CNCC2. The minimum Gasteiger partial charge on any atom is -0.464 e. The number of carbonyl (C=O) groups excluding carboxylic acids is 1. The number of methoxy groups -OCH3 is 1. The van der Waals surface area contributed by atoms with Crippen molar-refractivity contribution in [1.82, 2.24) is 20.3 Å². The number of esters is 1. The van der Waals surface area contributed by atoms with Crippen LogP contribution in [0.2, 0.25) is 0 Å². The van der Waals surface area contributed by atoms with Gasteiger partial charge < -0.3 is 10.1 Å². The highest BCUT2D eigenvalue weighted by Crippen LogP contribution is 2.24. The van der Waals surface area contributed by atoms with Gasteiger partial charge in [0.1, 0.15) is 0 Å². The highest BCUT2D eigenvalue weighted by atomic mass is 32.1. The largest absolute Gasteiger partial charge is 0.464 e. The molecule has 0 unspecified atom stereocenters. The molecule has 0 radical (unpaired) electrons. The Bertz CT molecular complexity index is 612. The third-order valence-corrected chi connectivity index (χ3v) is 3.73. The lowest BCUT2D eigenvalue weighted by atomic mass is 10.1. The molecule has 19 heavy (non-hydrogen) atoms. The summed E-state index contributed by atoms with van der Waals surface area (Å²) in [7, 11) is 1.36. The average Bonchev–Trinajstić information content (AvgIpc) is 2.99. The summed E-state index contributed by atoms with van der Waals surface area (Å²) in [6, 6.07) is 0. The van der Waals surface area contributed by atoms with Gasteiger partial charge in [-0.2, -0.15) is 0 Å². The van der Waals surface area contributed by atoms with Crippen molar-refractivity contribution in [3.63, 3.8) is 0 Å². The predicted molar refractivity (Wildman–Crippen MR) is 69.9 cm³/mol. The molecular formula is C12H12N4O2S. The molecule has 2 aromatic rings. The molecule has 0 saturated heterocycles. The fraction of sp³-hybridized carbons (Fsp3) is 0.333. The summed E-state index contributed by atoms with van der Waals surface area (Å²) in [5.74, 6) is 0.122. The first-order chi connectivity index (χ1) is 9.29. The molecule has 0 aliphatic carbocycles. The number of rotatable bonds is 2. The van der Waals surface area contributed by atoms with Crippen molar-refractivity contribution in [2.75, 3.05) is 13.7 Å². The predicted octanol–water partition coefficient (Wildman–Crippen LogP) is 1.03. The molecule has 3 heterocycles. The fourth-order valence-electron chi connectivity index (χ4n) is 2.05. The lowest BCUT2D eigenvalue weighted by Crippen LogP contribution is -2.28. The summed E-state index contributed by atoms with van der Waals surface area (Å²) in [6.45, 7) is 1.45. The zero-order chi connectivity index (χ0) is 13.2. The van der Waals surface area contributed by atoms with Crippen molar-refractivity contribution in [1.29, 1.82) is 0 Å². The van der Waals surface area contributed by atoms with E-state index in [9.17, 15) is 4.79 Å².